The van der Waals surface area contributed by atoms with Crippen molar-refractivity contribution in [2.45, 2.75) is 32.8 Å². The molecule has 0 aliphatic rings. The van der Waals surface area contributed by atoms with Crippen LogP contribution >= 0.6 is 0 Å². The second kappa shape index (κ2) is 8.28. The van der Waals surface area contributed by atoms with Gasteiger partial charge in [-0.1, -0.05) is 13.8 Å². The maximum absolute atomic E-state index is 10.8. The SMILES string of the molecule is CC(C)[C@@](C)(O)CCN(CCN)c1nc(-c2c[nH]c3ncccc23)cc2cnn(C)c12. The van der Waals surface area contributed by atoms with E-state index in [-0.39, 0.29) is 5.92 Å². The predicted octanol–water partition coefficient (Wildman–Crippen LogP) is 3.07. The minimum absolute atomic E-state index is 0.155. The maximum Gasteiger partial charge on any atom is 0.155 e. The smallest absolute Gasteiger partial charge is 0.155 e. The predicted molar refractivity (Wildman–Crippen MR) is 125 cm³/mol. The van der Waals surface area contributed by atoms with E-state index in [1.165, 1.54) is 0 Å². The van der Waals surface area contributed by atoms with E-state index in [1.54, 1.807) is 6.20 Å². The third-order valence-corrected chi connectivity index (χ3v) is 6.25. The molecule has 4 rings (SSSR count). The topological polar surface area (TPSA) is 109 Å². The van der Waals surface area contributed by atoms with Crippen LogP contribution < -0.4 is 10.6 Å². The van der Waals surface area contributed by atoms with Crippen LogP contribution in [0.2, 0.25) is 0 Å². The first-order chi connectivity index (χ1) is 14.8. The molecule has 0 unspecified atom stereocenters. The van der Waals surface area contributed by atoms with Gasteiger partial charge >= 0.3 is 0 Å². The van der Waals surface area contributed by atoms with Gasteiger partial charge < -0.3 is 20.7 Å². The summed E-state index contributed by atoms with van der Waals surface area (Å²) in [5, 5.41) is 17.3. The summed E-state index contributed by atoms with van der Waals surface area (Å²) in [7, 11) is 1.92. The summed E-state index contributed by atoms with van der Waals surface area (Å²) < 4.78 is 1.85. The van der Waals surface area contributed by atoms with Gasteiger partial charge in [-0.05, 0) is 37.5 Å². The van der Waals surface area contributed by atoms with E-state index in [9.17, 15) is 5.11 Å². The number of hydrogen-bond donors (Lipinski definition) is 3. The summed E-state index contributed by atoms with van der Waals surface area (Å²) in [5.74, 6) is 0.984. The number of aryl methyl sites for hydroxylation is 1. The number of aromatic nitrogens is 5. The minimum Gasteiger partial charge on any atom is -0.390 e. The third-order valence-electron chi connectivity index (χ3n) is 6.25. The van der Waals surface area contributed by atoms with Gasteiger partial charge in [-0.15, -0.1) is 0 Å². The molecule has 0 saturated carbocycles. The van der Waals surface area contributed by atoms with E-state index in [0.717, 1.165) is 39.0 Å². The second-order valence-electron chi connectivity index (χ2n) is 8.68. The van der Waals surface area contributed by atoms with Gasteiger partial charge in [0.25, 0.3) is 0 Å². The van der Waals surface area contributed by atoms with E-state index >= 15 is 0 Å². The van der Waals surface area contributed by atoms with Crippen molar-refractivity contribution in [3.8, 4) is 11.3 Å². The molecular weight excluding hydrogens is 390 g/mol. The number of nitrogens with one attached hydrogen (secondary N) is 1. The Morgan fingerprint density at radius 1 is 1.32 bits per heavy atom. The molecule has 4 heterocycles. The summed E-state index contributed by atoms with van der Waals surface area (Å²) in [5.41, 5.74) is 8.84. The lowest BCUT2D eigenvalue weighted by atomic mass is 9.89. The fraction of sp³-hybridized carbons (Fsp3) is 0.435. The molecule has 31 heavy (non-hydrogen) atoms. The maximum atomic E-state index is 10.8. The fourth-order valence-electron chi connectivity index (χ4n) is 3.84. The van der Waals surface area contributed by atoms with E-state index in [1.807, 2.05) is 57.0 Å². The molecule has 1 atom stereocenters. The average Bonchev–Trinajstić information content (AvgIpc) is 3.34. The Hall–Kier alpha value is -2.97. The Bertz CT molecular complexity index is 1190. The Morgan fingerprint density at radius 3 is 2.87 bits per heavy atom. The van der Waals surface area contributed by atoms with Crippen molar-refractivity contribution in [3.63, 3.8) is 0 Å². The highest BCUT2D eigenvalue weighted by molar-refractivity contribution is 5.97. The lowest BCUT2D eigenvalue weighted by Crippen LogP contribution is -2.39. The minimum atomic E-state index is -0.765. The Kier molecular flexibility index (Phi) is 5.68. The molecule has 0 aliphatic heterocycles. The average molecular weight is 422 g/mol. The molecule has 0 aromatic carbocycles. The first kappa shape index (κ1) is 21.3. The van der Waals surface area contributed by atoms with Crippen LogP contribution in [-0.2, 0) is 7.05 Å². The van der Waals surface area contributed by atoms with Crippen LogP contribution in [0.15, 0.2) is 36.8 Å². The number of nitrogens with zero attached hydrogens (tertiary/aromatic N) is 5. The molecule has 0 fully saturated rings. The molecule has 4 aromatic rings. The van der Waals surface area contributed by atoms with Crippen LogP contribution in [0.3, 0.4) is 0 Å². The van der Waals surface area contributed by atoms with Crippen molar-refractivity contribution >= 4 is 27.8 Å². The molecule has 0 spiro atoms. The number of anilines is 1. The van der Waals surface area contributed by atoms with E-state index in [0.29, 0.717) is 26.1 Å². The molecule has 0 aliphatic carbocycles. The molecule has 8 nitrogen and oxygen atoms in total. The van der Waals surface area contributed by atoms with Gasteiger partial charge in [0, 0.05) is 55.4 Å². The molecule has 0 bridgehead atoms. The number of nitrogens with two attached hydrogens (primary N) is 1. The monoisotopic (exact) mass is 421 g/mol. The number of aliphatic hydroxyl groups is 1. The molecule has 164 valence electrons. The number of rotatable bonds is 8. The highest BCUT2D eigenvalue weighted by atomic mass is 16.3. The summed E-state index contributed by atoms with van der Waals surface area (Å²) >= 11 is 0. The van der Waals surface area contributed by atoms with Gasteiger partial charge in [0.05, 0.1) is 17.5 Å². The molecule has 8 heteroatoms. The zero-order valence-electron chi connectivity index (χ0n) is 18.6. The van der Waals surface area contributed by atoms with Crippen LogP contribution in [-0.4, -0.2) is 55.1 Å². The first-order valence-electron chi connectivity index (χ1n) is 10.7. The standard InChI is InChI=1S/C23H31N7O/c1-15(2)23(3,31)7-10-30(11-8-24)22-20-16(13-27-29(20)4)12-19(28-22)18-14-26-21-17(18)6-5-9-25-21/h5-6,9,12-15,31H,7-8,10-11,24H2,1-4H3,(H,25,26)/t23-/m0/s1. The van der Waals surface area contributed by atoms with Gasteiger partial charge in [0.15, 0.2) is 5.82 Å². The lowest BCUT2D eigenvalue weighted by molar-refractivity contribution is 0.00731. The summed E-state index contributed by atoms with van der Waals surface area (Å²) in [4.78, 5) is 14.9. The Labute approximate surface area is 182 Å². The van der Waals surface area contributed by atoms with E-state index in [2.05, 4.69) is 26.0 Å². The number of fused-ring (bicyclic) bond motifs is 2. The fourth-order valence-corrected chi connectivity index (χ4v) is 3.84. The Morgan fingerprint density at radius 2 is 2.13 bits per heavy atom. The summed E-state index contributed by atoms with van der Waals surface area (Å²) in [6.07, 6.45) is 6.20. The zero-order valence-corrected chi connectivity index (χ0v) is 18.6. The van der Waals surface area contributed by atoms with Crippen LogP contribution in [0.5, 0.6) is 0 Å². The Balaban J connectivity index is 1.82. The zero-order chi connectivity index (χ0) is 22.2. The van der Waals surface area contributed by atoms with Gasteiger partial charge in [-0.3, -0.25) is 4.68 Å². The van der Waals surface area contributed by atoms with Crippen molar-refractivity contribution in [1.29, 1.82) is 0 Å². The van der Waals surface area contributed by atoms with Gasteiger partial charge in [-0.25, -0.2) is 9.97 Å². The van der Waals surface area contributed by atoms with Crippen molar-refractivity contribution in [3.05, 3.63) is 36.8 Å². The van der Waals surface area contributed by atoms with Crippen LogP contribution in [0, 0.1) is 5.92 Å². The van der Waals surface area contributed by atoms with Crippen LogP contribution in [0.25, 0.3) is 33.2 Å². The molecule has 4 N–H and O–H groups in total. The van der Waals surface area contributed by atoms with Gasteiger partial charge in [0.1, 0.15) is 11.2 Å². The molecule has 0 saturated heterocycles. The summed E-state index contributed by atoms with van der Waals surface area (Å²) in [6.45, 7) is 7.74. The second-order valence-corrected chi connectivity index (χ2v) is 8.68. The quantitative estimate of drug-likeness (QED) is 0.403. The van der Waals surface area contributed by atoms with Crippen molar-refractivity contribution in [2.75, 3.05) is 24.5 Å². The molecule has 0 radical (unpaired) electrons. The number of pyridine rings is 2. The first-order valence-corrected chi connectivity index (χ1v) is 10.7. The highest BCUT2D eigenvalue weighted by Gasteiger charge is 2.27. The molecule has 0 amide bonds. The molecular formula is C23H31N7O. The van der Waals surface area contributed by atoms with Crippen molar-refractivity contribution in [2.24, 2.45) is 18.7 Å². The van der Waals surface area contributed by atoms with Crippen LogP contribution in [0.1, 0.15) is 27.2 Å². The largest absolute Gasteiger partial charge is 0.390 e. The van der Waals surface area contributed by atoms with Crippen molar-refractivity contribution < 1.29 is 5.11 Å². The lowest BCUT2D eigenvalue weighted by Gasteiger charge is -2.32. The van der Waals surface area contributed by atoms with Gasteiger partial charge in [0.2, 0.25) is 0 Å². The summed E-state index contributed by atoms with van der Waals surface area (Å²) in [6, 6.07) is 6.03. The third kappa shape index (κ3) is 4.00. The highest BCUT2D eigenvalue weighted by Crippen LogP contribution is 2.33. The normalized spacial score (nSPS) is 13.9. The number of H-pyrrole nitrogens is 1. The number of hydrogen-bond acceptors (Lipinski definition) is 6. The van der Waals surface area contributed by atoms with Gasteiger partial charge in [-0.2, -0.15) is 5.10 Å². The van der Waals surface area contributed by atoms with E-state index in [4.69, 9.17) is 10.7 Å². The van der Waals surface area contributed by atoms with Crippen LogP contribution in [0.4, 0.5) is 5.82 Å². The molecule has 4 aromatic heterocycles. The van der Waals surface area contributed by atoms with Crippen molar-refractivity contribution in [1.82, 2.24) is 24.7 Å². The number of aromatic amines is 1. The van der Waals surface area contributed by atoms with E-state index < -0.39 is 5.60 Å².